The van der Waals surface area contributed by atoms with E-state index in [0.29, 0.717) is 19.6 Å². The smallest absolute Gasteiger partial charge is 0.306 e. The Labute approximate surface area is 145 Å². The summed E-state index contributed by atoms with van der Waals surface area (Å²) in [6.45, 7) is 2.67. The summed E-state index contributed by atoms with van der Waals surface area (Å²) in [6, 6.07) is 1.93. The molecule has 3 heterocycles. The molecule has 0 radical (unpaired) electrons. The molecule has 1 spiro atoms. The highest BCUT2D eigenvalue weighted by Gasteiger charge is 2.57. The van der Waals surface area contributed by atoms with Crippen LogP contribution >= 0.6 is 0 Å². The lowest BCUT2D eigenvalue weighted by Gasteiger charge is -2.42. The van der Waals surface area contributed by atoms with Crippen LogP contribution in [0.2, 0.25) is 0 Å². The van der Waals surface area contributed by atoms with Crippen molar-refractivity contribution in [2.45, 2.75) is 25.3 Å². The third-order valence-electron chi connectivity index (χ3n) is 5.11. The molecule has 1 amide bonds. The van der Waals surface area contributed by atoms with Crippen molar-refractivity contribution < 1.29 is 13.2 Å². The van der Waals surface area contributed by atoms with Crippen LogP contribution in [0, 0.1) is 0 Å². The number of carbonyl (C=O) groups excluding carboxylic acids is 1. The largest absolute Gasteiger partial charge is 0.353 e. The SMILES string of the molecule is CC(=O)N(C)S(=O)(=O)N1CCN(c2ncnc3[nH]ccc23)CC12CC2. The molecule has 2 aliphatic rings. The van der Waals surface area contributed by atoms with Gasteiger partial charge in [-0.15, -0.1) is 0 Å². The molecule has 2 aromatic heterocycles. The Kier molecular flexibility index (Phi) is 3.51. The molecule has 0 atom stereocenters. The number of nitrogens with one attached hydrogen (secondary N) is 1. The van der Waals surface area contributed by atoms with Gasteiger partial charge in [-0.2, -0.15) is 12.7 Å². The van der Waals surface area contributed by atoms with Crippen molar-refractivity contribution in [3.8, 4) is 0 Å². The summed E-state index contributed by atoms with van der Waals surface area (Å²) in [5.41, 5.74) is 0.315. The number of piperazine rings is 1. The predicted octanol–water partition coefficient (Wildman–Crippen LogP) is 0.336. The Bertz CT molecular complexity index is 936. The van der Waals surface area contributed by atoms with Gasteiger partial charge in [0.25, 0.3) is 0 Å². The summed E-state index contributed by atoms with van der Waals surface area (Å²) in [6.07, 6.45) is 4.91. The van der Waals surface area contributed by atoms with Gasteiger partial charge < -0.3 is 9.88 Å². The molecule has 0 unspecified atom stereocenters. The minimum atomic E-state index is -3.79. The van der Waals surface area contributed by atoms with Gasteiger partial charge in [-0.1, -0.05) is 0 Å². The fraction of sp³-hybridized carbons (Fsp3) is 0.533. The molecule has 1 saturated carbocycles. The Morgan fingerprint density at radius 3 is 2.76 bits per heavy atom. The fourth-order valence-corrected chi connectivity index (χ4v) is 5.14. The third-order valence-corrected chi connectivity index (χ3v) is 7.19. The Balaban J connectivity index is 1.64. The summed E-state index contributed by atoms with van der Waals surface area (Å²) in [4.78, 5) is 25.4. The number of amides is 1. The second kappa shape index (κ2) is 5.40. The predicted molar refractivity (Wildman–Crippen MR) is 92.1 cm³/mol. The van der Waals surface area contributed by atoms with Crippen LogP contribution in [-0.4, -0.2) is 70.1 Å². The van der Waals surface area contributed by atoms with Crippen molar-refractivity contribution in [1.82, 2.24) is 23.6 Å². The average Bonchev–Trinajstić information content (AvgIpc) is 3.16. The second-order valence-corrected chi connectivity index (χ2v) is 8.53. The molecule has 0 bridgehead atoms. The van der Waals surface area contributed by atoms with Crippen molar-refractivity contribution in [3.05, 3.63) is 18.6 Å². The quantitative estimate of drug-likeness (QED) is 0.842. The molecule has 134 valence electrons. The maximum atomic E-state index is 12.8. The molecule has 2 fully saturated rings. The number of hydrogen-bond acceptors (Lipinski definition) is 6. The molecular formula is C15H20N6O3S. The van der Waals surface area contributed by atoms with E-state index < -0.39 is 21.7 Å². The second-order valence-electron chi connectivity index (χ2n) is 6.65. The van der Waals surface area contributed by atoms with Gasteiger partial charge in [0, 0.05) is 39.8 Å². The number of aromatic amines is 1. The fourth-order valence-electron chi connectivity index (χ4n) is 3.48. The van der Waals surface area contributed by atoms with Crippen molar-refractivity contribution in [1.29, 1.82) is 0 Å². The summed E-state index contributed by atoms with van der Waals surface area (Å²) in [5.74, 6) is 0.331. The van der Waals surface area contributed by atoms with E-state index in [1.54, 1.807) is 0 Å². The monoisotopic (exact) mass is 364 g/mol. The molecule has 10 heteroatoms. The van der Waals surface area contributed by atoms with Crippen LogP contribution in [0.25, 0.3) is 11.0 Å². The highest BCUT2D eigenvalue weighted by atomic mass is 32.2. The van der Waals surface area contributed by atoms with E-state index in [1.807, 2.05) is 12.3 Å². The molecule has 9 nitrogen and oxygen atoms in total. The van der Waals surface area contributed by atoms with Crippen LogP contribution in [0.1, 0.15) is 19.8 Å². The summed E-state index contributed by atoms with van der Waals surface area (Å²) >= 11 is 0. The molecule has 2 aromatic rings. The average molecular weight is 364 g/mol. The highest BCUT2D eigenvalue weighted by Crippen LogP contribution is 2.47. The normalized spacial score (nSPS) is 20.2. The van der Waals surface area contributed by atoms with Gasteiger partial charge in [-0.3, -0.25) is 4.79 Å². The van der Waals surface area contributed by atoms with Crippen molar-refractivity contribution in [3.63, 3.8) is 0 Å². The Morgan fingerprint density at radius 2 is 2.08 bits per heavy atom. The van der Waals surface area contributed by atoms with E-state index in [0.717, 1.165) is 34.0 Å². The van der Waals surface area contributed by atoms with E-state index in [1.165, 1.54) is 24.6 Å². The number of fused-ring (bicyclic) bond motifs is 1. The van der Waals surface area contributed by atoms with Gasteiger partial charge >= 0.3 is 10.2 Å². The molecule has 1 saturated heterocycles. The summed E-state index contributed by atoms with van der Waals surface area (Å²) in [5, 5.41) is 0.926. The van der Waals surface area contributed by atoms with E-state index in [4.69, 9.17) is 0 Å². The zero-order valence-corrected chi connectivity index (χ0v) is 15.0. The van der Waals surface area contributed by atoms with E-state index >= 15 is 0 Å². The molecule has 1 N–H and O–H groups in total. The first-order valence-electron chi connectivity index (χ1n) is 8.15. The first-order chi connectivity index (χ1) is 11.8. The third kappa shape index (κ3) is 2.47. The number of anilines is 1. The van der Waals surface area contributed by atoms with Gasteiger partial charge in [0.15, 0.2) is 0 Å². The molecular weight excluding hydrogens is 344 g/mol. The Morgan fingerprint density at radius 1 is 1.32 bits per heavy atom. The van der Waals surface area contributed by atoms with Crippen LogP contribution < -0.4 is 4.90 Å². The number of carbonyl (C=O) groups is 1. The maximum absolute atomic E-state index is 12.8. The number of aromatic nitrogens is 3. The van der Waals surface area contributed by atoms with Gasteiger partial charge in [0.1, 0.15) is 17.8 Å². The maximum Gasteiger partial charge on any atom is 0.306 e. The van der Waals surface area contributed by atoms with Crippen LogP contribution in [0.3, 0.4) is 0 Å². The highest BCUT2D eigenvalue weighted by molar-refractivity contribution is 7.87. The van der Waals surface area contributed by atoms with Crippen LogP contribution in [0.15, 0.2) is 18.6 Å². The molecule has 25 heavy (non-hydrogen) atoms. The van der Waals surface area contributed by atoms with Crippen molar-refractivity contribution >= 4 is 33.0 Å². The first-order valence-corrected chi connectivity index (χ1v) is 9.55. The van der Waals surface area contributed by atoms with Crippen molar-refractivity contribution in [2.24, 2.45) is 0 Å². The zero-order chi connectivity index (χ0) is 17.8. The van der Waals surface area contributed by atoms with Crippen LogP contribution in [0.5, 0.6) is 0 Å². The topological polar surface area (TPSA) is 102 Å². The van der Waals surface area contributed by atoms with Crippen LogP contribution in [-0.2, 0) is 15.0 Å². The molecule has 0 aromatic carbocycles. The zero-order valence-electron chi connectivity index (χ0n) is 14.1. The number of rotatable bonds is 3. The standard InChI is InChI=1S/C15H20N6O3S/c1-11(22)19(2)25(23,24)21-8-7-20(9-15(21)4-5-15)14-12-3-6-16-13(12)17-10-18-14/h3,6,10H,4-5,7-9H2,1-2H3,(H,16,17,18). The number of hydrogen-bond donors (Lipinski definition) is 1. The van der Waals surface area contributed by atoms with E-state index in [-0.39, 0.29) is 0 Å². The van der Waals surface area contributed by atoms with Gasteiger partial charge in [0.2, 0.25) is 5.91 Å². The van der Waals surface area contributed by atoms with E-state index in [2.05, 4.69) is 19.9 Å². The Hall–Kier alpha value is -2.20. The minimum Gasteiger partial charge on any atom is -0.353 e. The lowest BCUT2D eigenvalue weighted by Crippen LogP contribution is -2.60. The number of H-pyrrole nitrogens is 1. The lowest BCUT2D eigenvalue weighted by atomic mass is 10.2. The summed E-state index contributed by atoms with van der Waals surface area (Å²) in [7, 11) is -2.48. The summed E-state index contributed by atoms with van der Waals surface area (Å²) < 4.78 is 27.9. The number of nitrogens with zero attached hydrogens (tertiary/aromatic N) is 5. The minimum absolute atomic E-state index is 0.329. The van der Waals surface area contributed by atoms with Crippen LogP contribution in [0.4, 0.5) is 5.82 Å². The van der Waals surface area contributed by atoms with E-state index in [9.17, 15) is 13.2 Å². The van der Waals surface area contributed by atoms with Gasteiger partial charge in [-0.25, -0.2) is 14.3 Å². The first kappa shape index (κ1) is 16.3. The van der Waals surface area contributed by atoms with Gasteiger partial charge in [-0.05, 0) is 18.9 Å². The lowest BCUT2D eigenvalue weighted by molar-refractivity contribution is -0.123. The van der Waals surface area contributed by atoms with Crippen molar-refractivity contribution in [2.75, 3.05) is 31.6 Å². The van der Waals surface area contributed by atoms with Gasteiger partial charge in [0.05, 0.1) is 10.9 Å². The molecule has 4 rings (SSSR count). The molecule has 1 aliphatic carbocycles. The molecule has 1 aliphatic heterocycles.